The highest BCUT2D eigenvalue weighted by atomic mass is 32.2. The summed E-state index contributed by atoms with van der Waals surface area (Å²) >= 11 is 0. The summed E-state index contributed by atoms with van der Waals surface area (Å²) in [7, 11) is -3.24. The first-order chi connectivity index (χ1) is 5.92. The topological polar surface area (TPSA) is 66.4 Å². The second kappa shape index (κ2) is 3.55. The van der Waals surface area contributed by atoms with Crippen LogP contribution in [0.3, 0.4) is 0 Å². The number of nitrogens with one attached hydrogen (secondary N) is 1. The fraction of sp³-hybridized carbons (Fsp3) is 1.00. The summed E-state index contributed by atoms with van der Waals surface area (Å²) in [6.07, 6.45) is 2.48. The molecule has 5 heteroatoms. The third-order valence-electron chi connectivity index (χ3n) is 2.59. The molecule has 1 rings (SSSR count). The Labute approximate surface area is 79.4 Å². The van der Waals surface area contributed by atoms with E-state index >= 15 is 0 Å². The van der Waals surface area contributed by atoms with E-state index in [-0.39, 0.29) is 6.61 Å². The van der Waals surface area contributed by atoms with E-state index in [2.05, 4.69) is 4.72 Å². The van der Waals surface area contributed by atoms with Gasteiger partial charge in [0.15, 0.2) is 0 Å². The average molecular weight is 207 g/mol. The van der Waals surface area contributed by atoms with Crippen molar-refractivity contribution in [2.75, 3.05) is 6.61 Å². The van der Waals surface area contributed by atoms with Crippen LogP contribution in [0.1, 0.15) is 33.1 Å². The standard InChI is InChI=1S/C8H17NO3S/c1-7(2)13(11,12)9-8(6-10)4-3-5-8/h7,9-10H,3-6H2,1-2H3. The third-order valence-corrected chi connectivity index (χ3v) is 4.55. The molecule has 0 radical (unpaired) electrons. The van der Waals surface area contributed by atoms with Crippen molar-refractivity contribution in [1.82, 2.24) is 4.72 Å². The number of hydrogen-bond donors (Lipinski definition) is 2. The smallest absolute Gasteiger partial charge is 0.214 e. The Balaban J connectivity index is 2.67. The highest BCUT2D eigenvalue weighted by Crippen LogP contribution is 2.32. The first-order valence-electron chi connectivity index (χ1n) is 4.55. The average Bonchev–Trinajstić information content (AvgIpc) is 1.96. The largest absolute Gasteiger partial charge is 0.394 e. The molecule has 1 fully saturated rings. The molecule has 0 amide bonds. The number of rotatable bonds is 4. The molecule has 0 heterocycles. The molecule has 4 nitrogen and oxygen atoms in total. The molecule has 0 saturated heterocycles. The van der Waals surface area contributed by atoms with Crippen LogP contribution in [0.15, 0.2) is 0 Å². The van der Waals surface area contributed by atoms with Crippen LogP contribution < -0.4 is 4.72 Å². The van der Waals surface area contributed by atoms with Gasteiger partial charge in [0.2, 0.25) is 10.0 Å². The first kappa shape index (κ1) is 10.9. The number of aliphatic hydroxyl groups excluding tert-OH is 1. The fourth-order valence-electron chi connectivity index (χ4n) is 1.32. The van der Waals surface area contributed by atoms with E-state index in [4.69, 9.17) is 5.11 Å². The van der Waals surface area contributed by atoms with Crippen LogP contribution in [0.4, 0.5) is 0 Å². The summed E-state index contributed by atoms with van der Waals surface area (Å²) in [5.41, 5.74) is -0.552. The van der Waals surface area contributed by atoms with Crippen molar-refractivity contribution in [2.24, 2.45) is 0 Å². The van der Waals surface area contributed by atoms with Crippen molar-refractivity contribution >= 4 is 10.0 Å². The van der Waals surface area contributed by atoms with Crippen molar-refractivity contribution in [3.8, 4) is 0 Å². The maximum Gasteiger partial charge on any atom is 0.214 e. The molecule has 0 aliphatic heterocycles. The Hall–Kier alpha value is -0.130. The Morgan fingerprint density at radius 3 is 2.23 bits per heavy atom. The minimum absolute atomic E-state index is 0.0983. The molecule has 0 aromatic carbocycles. The summed E-state index contributed by atoms with van der Waals surface area (Å²) in [5.74, 6) is 0. The molecule has 0 aromatic heterocycles. The van der Waals surface area contributed by atoms with Gasteiger partial charge in [-0.25, -0.2) is 13.1 Å². The van der Waals surface area contributed by atoms with Crippen LogP contribution in [0.2, 0.25) is 0 Å². The number of sulfonamides is 1. The van der Waals surface area contributed by atoms with Crippen LogP contribution >= 0.6 is 0 Å². The summed E-state index contributed by atoms with van der Waals surface area (Å²) in [5, 5.41) is 8.62. The van der Waals surface area contributed by atoms with Gasteiger partial charge in [0, 0.05) is 0 Å². The minimum atomic E-state index is -3.24. The van der Waals surface area contributed by atoms with E-state index in [0.717, 1.165) is 19.3 Å². The molecule has 2 N–H and O–H groups in total. The van der Waals surface area contributed by atoms with Crippen molar-refractivity contribution < 1.29 is 13.5 Å². The second-order valence-corrected chi connectivity index (χ2v) is 6.22. The predicted molar refractivity (Wildman–Crippen MR) is 50.9 cm³/mol. The molecule has 0 atom stereocenters. The van der Waals surface area contributed by atoms with Gasteiger partial charge >= 0.3 is 0 Å². The van der Waals surface area contributed by atoms with E-state index in [1.54, 1.807) is 13.8 Å². The van der Waals surface area contributed by atoms with Gasteiger partial charge in [-0.05, 0) is 33.1 Å². The summed E-state index contributed by atoms with van der Waals surface area (Å²) in [4.78, 5) is 0. The lowest BCUT2D eigenvalue weighted by atomic mass is 9.78. The lowest BCUT2D eigenvalue weighted by molar-refractivity contribution is 0.110. The van der Waals surface area contributed by atoms with Gasteiger partial charge in [0.1, 0.15) is 0 Å². The molecule has 1 saturated carbocycles. The van der Waals surface area contributed by atoms with Gasteiger partial charge in [-0.2, -0.15) is 0 Å². The predicted octanol–water partition coefficient (Wildman–Crippen LogP) is 0.229. The molecule has 0 unspecified atom stereocenters. The third kappa shape index (κ3) is 2.21. The molecule has 0 spiro atoms. The molecule has 0 bridgehead atoms. The normalized spacial score (nSPS) is 21.5. The Morgan fingerprint density at radius 1 is 1.46 bits per heavy atom. The van der Waals surface area contributed by atoms with Crippen LogP contribution in [0, 0.1) is 0 Å². The van der Waals surface area contributed by atoms with E-state index in [1.165, 1.54) is 0 Å². The molecule has 1 aliphatic rings. The highest BCUT2D eigenvalue weighted by molar-refractivity contribution is 7.90. The Kier molecular flexibility index (Phi) is 2.99. The lowest BCUT2D eigenvalue weighted by Crippen LogP contribution is -2.57. The van der Waals surface area contributed by atoms with E-state index in [1.807, 2.05) is 0 Å². The minimum Gasteiger partial charge on any atom is -0.394 e. The van der Waals surface area contributed by atoms with Gasteiger partial charge in [-0.3, -0.25) is 0 Å². The van der Waals surface area contributed by atoms with E-state index < -0.39 is 20.8 Å². The van der Waals surface area contributed by atoms with Crippen LogP contribution in [-0.2, 0) is 10.0 Å². The van der Waals surface area contributed by atoms with Crippen molar-refractivity contribution in [2.45, 2.75) is 43.9 Å². The molecular weight excluding hydrogens is 190 g/mol. The van der Waals surface area contributed by atoms with Crippen molar-refractivity contribution in [3.63, 3.8) is 0 Å². The van der Waals surface area contributed by atoms with Crippen molar-refractivity contribution in [3.05, 3.63) is 0 Å². The van der Waals surface area contributed by atoms with Gasteiger partial charge in [-0.15, -0.1) is 0 Å². The molecule has 13 heavy (non-hydrogen) atoms. The molecular formula is C8H17NO3S. The zero-order chi connectivity index (χ0) is 10.1. The van der Waals surface area contributed by atoms with Gasteiger partial charge in [0.25, 0.3) is 0 Å². The maximum atomic E-state index is 11.5. The number of aliphatic hydroxyl groups is 1. The zero-order valence-electron chi connectivity index (χ0n) is 8.08. The van der Waals surface area contributed by atoms with Crippen LogP contribution in [-0.4, -0.2) is 30.9 Å². The SMILES string of the molecule is CC(C)S(=O)(=O)NC1(CO)CCC1. The summed E-state index contributed by atoms with van der Waals surface area (Å²) in [6, 6.07) is 0. The second-order valence-electron chi connectivity index (χ2n) is 3.99. The summed E-state index contributed by atoms with van der Waals surface area (Å²) < 4.78 is 25.5. The Bertz CT molecular complexity index is 262. The van der Waals surface area contributed by atoms with E-state index in [0.29, 0.717) is 0 Å². The molecule has 1 aliphatic carbocycles. The summed E-state index contributed by atoms with van der Waals surface area (Å²) in [6.45, 7) is 3.16. The van der Waals surface area contributed by atoms with Crippen LogP contribution in [0.5, 0.6) is 0 Å². The Morgan fingerprint density at radius 2 is 2.00 bits per heavy atom. The van der Waals surface area contributed by atoms with Crippen molar-refractivity contribution in [1.29, 1.82) is 0 Å². The number of hydrogen-bond acceptors (Lipinski definition) is 3. The van der Waals surface area contributed by atoms with Gasteiger partial charge < -0.3 is 5.11 Å². The monoisotopic (exact) mass is 207 g/mol. The molecule has 0 aromatic rings. The van der Waals surface area contributed by atoms with Gasteiger partial charge in [-0.1, -0.05) is 0 Å². The quantitative estimate of drug-likeness (QED) is 0.693. The maximum absolute atomic E-state index is 11.5. The van der Waals surface area contributed by atoms with Gasteiger partial charge in [0.05, 0.1) is 17.4 Å². The zero-order valence-corrected chi connectivity index (χ0v) is 8.89. The van der Waals surface area contributed by atoms with Crippen LogP contribution in [0.25, 0.3) is 0 Å². The lowest BCUT2D eigenvalue weighted by Gasteiger charge is -2.40. The van der Waals surface area contributed by atoms with E-state index in [9.17, 15) is 8.42 Å². The molecule has 78 valence electrons. The highest BCUT2D eigenvalue weighted by Gasteiger charge is 2.40. The fourth-order valence-corrected chi connectivity index (χ4v) is 2.42. The first-order valence-corrected chi connectivity index (χ1v) is 6.10.